The minimum atomic E-state index is 0.222. The highest BCUT2D eigenvalue weighted by Crippen LogP contribution is 2.35. The molecule has 0 saturated heterocycles. The predicted molar refractivity (Wildman–Crippen MR) is 144 cm³/mol. The molecule has 2 aromatic heterocycles. The molecule has 184 valence electrons. The Hall–Kier alpha value is -3.61. The zero-order valence-corrected chi connectivity index (χ0v) is 21.3. The number of benzene rings is 1. The molecule has 0 amide bonds. The minimum absolute atomic E-state index is 0.222. The lowest BCUT2D eigenvalue weighted by atomic mass is 10.0. The van der Waals surface area contributed by atoms with Crippen molar-refractivity contribution in [2.45, 2.75) is 46.5 Å². The van der Waals surface area contributed by atoms with Gasteiger partial charge in [0.05, 0.1) is 11.4 Å². The number of aromatic hydroxyl groups is 1. The highest BCUT2D eigenvalue weighted by atomic mass is 16.3. The number of nitrogens with zero attached hydrogens (tertiary/aromatic N) is 5. The lowest BCUT2D eigenvalue weighted by Gasteiger charge is -2.27. The second-order valence-electron chi connectivity index (χ2n) is 9.46. The summed E-state index contributed by atoms with van der Waals surface area (Å²) in [7, 11) is 2.08. The molecule has 0 saturated carbocycles. The third-order valence-corrected chi connectivity index (χ3v) is 6.62. The summed E-state index contributed by atoms with van der Waals surface area (Å²) in [4.78, 5) is 18.7. The Balaban J connectivity index is 1.62. The second-order valence-corrected chi connectivity index (χ2v) is 9.46. The molecular weight excluding hydrogens is 436 g/mol. The maximum Gasteiger partial charge on any atom is 0.228 e. The van der Waals surface area contributed by atoms with Crippen molar-refractivity contribution in [2.75, 3.05) is 35.3 Å². The quantitative estimate of drug-likeness (QED) is 0.431. The summed E-state index contributed by atoms with van der Waals surface area (Å²) in [6.07, 6.45) is 4.18. The first-order valence-corrected chi connectivity index (χ1v) is 12.4. The fourth-order valence-corrected chi connectivity index (χ4v) is 4.33. The van der Waals surface area contributed by atoms with Crippen molar-refractivity contribution in [3.63, 3.8) is 0 Å². The van der Waals surface area contributed by atoms with Gasteiger partial charge in [-0.2, -0.15) is 0 Å². The number of phenols is 1. The third kappa shape index (κ3) is 5.91. The molecule has 1 aliphatic rings. The average molecular weight is 473 g/mol. The van der Waals surface area contributed by atoms with Crippen LogP contribution in [0.25, 0.3) is 11.3 Å². The van der Waals surface area contributed by atoms with Gasteiger partial charge in [-0.25, -0.2) is 15.0 Å². The van der Waals surface area contributed by atoms with Crippen molar-refractivity contribution >= 4 is 17.5 Å². The molecule has 1 atom stereocenters. The highest BCUT2D eigenvalue weighted by molar-refractivity contribution is 5.75. The van der Waals surface area contributed by atoms with Crippen LogP contribution in [0.3, 0.4) is 0 Å². The lowest BCUT2D eigenvalue weighted by molar-refractivity contribution is 0.475. The molecule has 7 heteroatoms. The van der Waals surface area contributed by atoms with Gasteiger partial charge < -0.3 is 20.2 Å². The molecule has 4 rings (SSSR count). The first kappa shape index (κ1) is 24.5. The van der Waals surface area contributed by atoms with Gasteiger partial charge in [0.25, 0.3) is 0 Å². The largest absolute Gasteiger partial charge is 0.508 e. The van der Waals surface area contributed by atoms with Crippen molar-refractivity contribution in [3.8, 4) is 17.0 Å². The van der Waals surface area contributed by atoms with Crippen LogP contribution >= 0.6 is 0 Å². The number of fused-ring (bicyclic) bond motifs is 1. The van der Waals surface area contributed by atoms with Crippen molar-refractivity contribution in [3.05, 3.63) is 66.3 Å². The maximum atomic E-state index is 9.95. The molecule has 3 aromatic rings. The number of hydrogen-bond donors (Lipinski definition) is 2. The molecule has 0 fully saturated rings. The van der Waals surface area contributed by atoms with Gasteiger partial charge in [0, 0.05) is 37.1 Å². The third-order valence-electron chi connectivity index (χ3n) is 6.62. The fraction of sp³-hybridized carbons (Fsp3) is 0.393. The van der Waals surface area contributed by atoms with Crippen molar-refractivity contribution < 1.29 is 5.11 Å². The number of rotatable bonds is 8. The Labute approximate surface area is 208 Å². The average Bonchev–Trinajstić information content (AvgIpc) is 3.00. The Morgan fingerprint density at radius 1 is 1.14 bits per heavy atom. The Morgan fingerprint density at radius 2 is 1.97 bits per heavy atom. The molecule has 0 radical (unpaired) electrons. The van der Waals surface area contributed by atoms with E-state index in [2.05, 4.69) is 59.7 Å². The predicted octanol–water partition coefficient (Wildman–Crippen LogP) is 5.76. The first-order valence-electron chi connectivity index (χ1n) is 12.4. The fourth-order valence-electron chi connectivity index (χ4n) is 4.33. The molecule has 7 nitrogen and oxygen atoms in total. The van der Waals surface area contributed by atoms with Crippen LogP contribution in [0.5, 0.6) is 5.75 Å². The van der Waals surface area contributed by atoms with Crippen LogP contribution in [-0.2, 0) is 6.42 Å². The summed E-state index contributed by atoms with van der Waals surface area (Å²) in [5, 5.41) is 13.3. The van der Waals surface area contributed by atoms with Gasteiger partial charge in [-0.15, -0.1) is 0 Å². The molecule has 0 bridgehead atoms. The van der Waals surface area contributed by atoms with Crippen molar-refractivity contribution in [1.82, 2.24) is 15.0 Å². The van der Waals surface area contributed by atoms with Gasteiger partial charge in [0.1, 0.15) is 11.6 Å². The van der Waals surface area contributed by atoms with E-state index in [1.54, 1.807) is 12.1 Å². The van der Waals surface area contributed by atoms with Gasteiger partial charge >= 0.3 is 0 Å². The molecule has 1 aliphatic heterocycles. The number of hydrogen-bond acceptors (Lipinski definition) is 7. The summed E-state index contributed by atoms with van der Waals surface area (Å²) < 4.78 is 0. The molecule has 1 unspecified atom stereocenters. The molecule has 2 N–H and O–H groups in total. The van der Waals surface area contributed by atoms with E-state index in [1.807, 2.05) is 25.1 Å². The molecule has 0 aliphatic carbocycles. The highest BCUT2D eigenvalue weighted by Gasteiger charge is 2.23. The summed E-state index contributed by atoms with van der Waals surface area (Å²) in [6.45, 7) is 12.5. The second kappa shape index (κ2) is 10.8. The van der Waals surface area contributed by atoms with Crippen LogP contribution in [0.15, 0.2) is 54.9 Å². The van der Waals surface area contributed by atoms with E-state index in [0.717, 1.165) is 66.5 Å². The van der Waals surface area contributed by atoms with Crippen LogP contribution in [0.1, 0.15) is 44.5 Å². The van der Waals surface area contributed by atoms with Crippen LogP contribution in [0, 0.1) is 12.8 Å². The van der Waals surface area contributed by atoms with Gasteiger partial charge in [0.15, 0.2) is 5.82 Å². The van der Waals surface area contributed by atoms with Gasteiger partial charge in [-0.1, -0.05) is 39.0 Å². The number of pyridine rings is 1. The van der Waals surface area contributed by atoms with Crippen LogP contribution in [0.4, 0.5) is 17.5 Å². The first-order chi connectivity index (χ1) is 16.8. The van der Waals surface area contributed by atoms with E-state index < -0.39 is 0 Å². The van der Waals surface area contributed by atoms with E-state index in [4.69, 9.17) is 9.97 Å². The van der Waals surface area contributed by atoms with Gasteiger partial charge in [-0.05, 0) is 62.4 Å². The smallest absolute Gasteiger partial charge is 0.228 e. The number of aryl methyl sites for hydroxylation is 2. The number of nitrogens with one attached hydrogen (secondary N) is 1. The molecule has 1 aromatic carbocycles. The summed E-state index contributed by atoms with van der Waals surface area (Å²) in [5.41, 5.74) is 4.69. The van der Waals surface area contributed by atoms with Gasteiger partial charge in [-0.3, -0.25) is 0 Å². The standard InChI is InChI=1S/C28H36N6O/c1-6-19(2)11-12-23-17-20(3)29-28(31-23)30-21(4)34-16-8-15-33(5)26-14-13-25(32-27(26)34)22-9-7-10-24(35)18-22/h7,9-10,13-14,17-19,35H,4,6,8,11-12,15-16H2,1-3,5H3,(H,29,30,31). The molecule has 0 spiro atoms. The van der Waals surface area contributed by atoms with E-state index in [1.165, 1.54) is 6.42 Å². The lowest BCUT2D eigenvalue weighted by Crippen LogP contribution is -2.28. The zero-order chi connectivity index (χ0) is 24.9. The maximum absolute atomic E-state index is 9.95. The van der Waals surface area contributed by atoms with Crippen LogP contribution in [0.2, 0.25) is 0 Å². The van der Waals surface area contributed by atoms with Crippen molar-refractivity contribution in [1.29, 1.82) is 0 Å². The SMILES string of the molecule is C=C(Nc1nc(C)cc(CCC(C)CC)n1)N1CCCN(C)c2ccc(-c3cccc(O)c3)nc21. The number of aromatic nitrogens is 3. The summed E-state index contributed by atoms with van der Waals surface area (Å²) in [5.74, 6) is 2.99. The Bertz CT molecular complexity index is 1190. The monoisotopic (exact) mass is 472 g/mol. The Morgan fingerprint density at radius 3 is 2.74 bits per heavy atom. The molecule has 35 heavy (non-hydrogen) atoms. The summed E-state index contributed by atoms with van der Waals surface area (Å²) >= 11 is 0. The Kier molecular flexibility index (Phi) is 7.54. The summed E-state index contributed by atoms with van der Waals surface area (Å²) in [6, 6.07) is 13.3. The number of phenolic OH excluding ortho intramolecular Hbond substituents is 1. The van der Waals surface area contributed by atoms with E-state index in [0.29, 0.717) is 17.7 Å². The molecular formula is C28H36N6O. The molecule has 3 heterocycles. The zero-order valence-electron chi connectivity index (χ0n) is 21.3. The van der Waals surface area contributed by atoms with Crippen LogP contribution < -0.4 is 15.1 Å². The minimum Gasteiger partial charge on any atom is -0.508 e. The normalized spacial score (nSPS) is 14.3. The van der Waals surface area contributed by atoms with Crippen molar-refractivity contribution in [2.24, 2.45) is 5.92 Å². The van der Waals surface area contributed by atoms with Gasteiger partial charge in [0.2, 0.25) is 5.95 Å². The van der Waals surface area contributed by atoms with E-state index in [9.17, 15) is 5.11 Å². The topological polar surface area (TPSA) is 77.4 Å². The van der Waals surface area contributed by atoms with E-state index in [-0.39, 0.29) is 5.75 Å². The number of anilines is 3. The van der Waals surface area contributed by atoms with Crippen LogP contribution in [-0.4, -0.2) is 40.2 Å². The van der Waals surface area contributed by atoms with E-state index >= 15 is 0 Å².